The van der Waals surface area contributed by atoms with Crippen LogP contribution in [0.25, 0.3) is 16.7 Å². The van der Waals surface area contributed by atoms with Crippen LogP contribution in [0.3, 0.4) is 0 Å². The van der Waals surface area contributed by atoms with Gasteiger partial charge in [0.05, 0.1) is 7.11 Å². The van der Waals surface area contributed by atoms with E-state index in [0.717, 1.165) is 25.0 Å². The zero-order valence-corrected chi connectivity index (χ0v) is 23.1. The van der Waals surface area contributed by atoms with Gasteiger partial charge in [-0.05, 0) is 83.6 Å². The van der Waals surface area contributed by atoms with Gasteiger partial charge in [0.2, 0.25) is 0 Å². The van der Waals surface area contributed by atoms with Crippen LogP contribution >= 0.6 is 0 Å². The number of benzene rings is 2. The van der Waals surface area contributed by atoms with Gasteiger partial charge in [0.1, 0.15) is 5.76 Å². The molecule has 1 heteroatoms. The molecular formula is C34H44O. The van der Waals surface area contributed by atoms with Crippen LogP contribution in [0.1, 0.15) is 84.4 Å². The lowest BCUT2D eigenvalue weighted by Crippen LogP contribution is -2.29. The summed E-state index contributed by atoms with van der Waals surface area (Å²) in [6.07, 6.45) is 14.0. The minimum atomic E-state index is 0.0471. The van der Waals surface area contributed by atoms with Crippen LogP contribution in [-0.2, 0) is 10.2 Å². The fourth-order valence-electron chi connectivity index (χ4n) is 6.08. The number of methoxy groups -OCH3 is 1. The van der Waals surface area contributed by atoms with Crippen molar-refractivity contribution in [3.05, 3.63) is 101 Å². The van der Waals surface area contributed by atoms with Crippen molar-refractivity contribution in [2.75, 3.05) is 7.11 Å². The molecule has 0 unspecified atom stereocenters. The summed E-state index contributed by atoms with van der Waals surface area (Å²) in [5.74, 6) is 2.17. The molecule has 0 atom stereocenters. The van der Waals surface area contributed by atoms with E-state index in [0.29, 0.717) is 11.8 Å². The Bertz CT molecular complexity index is 1130. The molecule has 186 valence electrons. The predicted molar refractivity (Wildman–Crippen MR) is 153 cm³/mol. The van der Waals surface area contributed by atoms with Crippen LogP contribution in [0, 0.1) is 11.8 Å². The normalized spacial score (nSPS) is 17.1. The number of hydrogen-bond donors (Lipinski definition) is 0. The Hall–Kier alpha value is -2.80. The summed E-state index contributed by atoms with van der Waals surface area (Å²) in [6.45, 7) is 15.5. The van der Waals surface area contributed by atoms with E-state index in [9.17, 15) is 0 Å². The summed E-state index contributed by atoms with van der Waals surface area (Å²) in [6, 6.07) is 16.2. The first-order valence-electron chi connectivity index (χ1n) is 13.4. The van der Waals surface area contributed by atoms with Crippen molar-refractivity contribution < 1.29 is 4.74 Å². The van der Waals surface area contributed by atoms with Crippen molar-refractivity contribution in [3.63, 3.8) is 0 Å². The number of hydrogen-bond acceptors (Lipinski definition) is 1. The fourth-order valence-corrected chi connectivity index (χ4v) is 6.08. The molecule has 0 saturated heterocycles. The Balaban J connectivity index is 0.00000167. The van der Waals surface area contributed by atoms with Crippen molar-refractivity contribution >= 4 is 5.57 Å². The first-order valence-corrected chi connectivity index (χ1v) is 13.4. The van der Waals surface area contributed by atoms with Crippen LogP contribution in [0.2, 0.25) is 0 Å². The van der Waals surface area contributed by atoms with E-state index in [1.807, 2.05) is 13.8 Å². The van der Waals surface area contributed by atoms with E-state index in [2.05, 4.69) is 107 Å². The van der Waals surface area contributed by atoms with Gasteiger partial charge in [-0.15, -0.1) is 0 Å². The van der Waals surface area contributed by atoms with Crippen LogP contribution in [0.15, 0.2) is 84.2 Å². The smallest absolute Gasteiger partial charge is 0.122 e. The van der Waals surface area contributed by atoms with E-state index in [1.54, 1.807) is 7.11 Å². The maximum Gasteiger partial charge on any atom is 0.122 e. The second-order valence-corrected chi connectivity index (χ2v) is 10.3. The molecule has 0 radical (unpaired) electrons. The van der Waals surface area contributed by atoms with E-state index in [1.165, 1.54) is 39.0 Å². The summed E-state index contributed by atoms with van der Waals surface area (Å²) in [4.78, 5) is 0. The molecule has 2 aromatic carbocycles. The summed E-state index contributed by atoms with van der Waals surface area (Å²) in [5, 5.41) is 0. The minimum absolute atomic E-state index is 0.0471. The lowest BCUT2D eigenvalue weighted by molar-refractivity contribution is 0.310. The average molecular weight is 469 g/mol. The van der Waals surface area contributed by atoms with E-state index in [-0.39, 0.29) is 5.41 Å². The fraction of sp³-hybridized carbons (Fsp3) is 0.412. The Morgan fingerprint density at radius 1 is 0.914 bits per heavy atom. The highest BCUT2D eigenvalue weighted by molar-refractivity contribution is 5.87. The van der Waals surface area contributed by atoms with Gasteiger partial charge in [0.25, 0.3) is 0 Å². The maximum atomic E-state index is 5.88. The lowest BCUT2D eigenvalue weighted by Gasteiger charge is -2.36. The van der Waals surface area contributed by atoms with Gasteiger partial charge < -0.3 is 4.74 Å². The van der Waals surface area contributed by atoms with Gasteiger partial charge in [0.15, 0.2) is 0 Å². The van der Waals surface area contributed by atoms with Gasteiger partial charge in [0, 0.05) is 11.0 Å². The quantitative estimate of drug-likeness (QED) is 0.367. The van der Waals surface area contributed by atoms with Crippen molar-refractivity contribution in [2.45, 2.75) is 73.1 Å². The molecule has 0 spiro atoms. The maximum absolute atomic E-state index is 5.88. The molecule has 0 N–H and O–H groups in total. The molecule has 0 amide bonds. The summed E-state index contributed by atoms with van der Waals surface area (Å²) >= 11 is 0. The molecule has 0 aromatic heterocycles. The van der Waals surface area contributed by atoms with Gasteiger partial charge in [-0.3, -0.25) is 0 Å². The molecule has 0 bridgehead atoms. The van der Waals surface area contributed by atoms with E-state index >= 15 is 0 Å². The average Bonchev–Trinajstić information content (AvgIpc) is 3.12. The second-order valence-electron chi connectivity index (χ2n) is 10.3. The monoisotopic (exact) mass is 468 g/mol. The van der Waals surface area contributed by atoms with Crippen LogP contribution in [0.4, 0.5) is 0 Å². The molecule has 2 aliphatic rings. The lowest BCUT2D eigenvalue weighted by atomic mass is 9.67. The Morgan fingerprint density at radius 2 is 1.57 bits per heavy atom. The van der Waals surface area contributed by atoms with Gasteiger partial charge >= 0.3 is 0 Å². The first-order chi connectivity index (χ1) is 16.9. The highest BCUT2D eigenvalue weighted by atomic mass is 16.5. The molecule has 0 aliphatic heterocycles. The largest absolute Gasteiger partial charge is 0.496 e. The molecule has 1 nitrogen and oxygen atoms in total. The minimum Gasteiger partial charge on any atom is -0.496 e. The molecular weight excluding hydrogens is 424 g/mol. The molecule has 4 rings (SSSR count). The zero-order valence-electron chi connectivity index (χ0n) is 23.1. The van der Waals surface area contributed by atoms with Crippen LogP contribution in [-0.4, -0.2) is 7.11 Å². The number of allylic oxidation sites excluding steroid dienone is 7. The SMILES string of the molecule is C/C=C(OC)\C(=C1\C=CC=CC1)c1ccc2c(c1)C(CC(C)C)(CC(C)C)c1ccccc1-2.CC. The Labute approximate surface area is 214 Å². The molecule has 35 heavy (non-hydrogen) atoms. The molecule has 0 fully saturated rings. The molecule has 2 aliphatic carbocycles. The number of fused-ring (bicyclic) bond motifs is 3. The zero-order chi connectivity index (χ0) is 25.6. The second kappa shape index (κ2) is 11.8. The predicted octanol–water partition coefficient (Wildman–Crippen LogP) is 9.89. The molecule has 0 heterocycles. The van der Waals surface area contributed by atoms with E-state index < -0.39 is 0 Å². The van der Waals surface area contributed by atoms with Crippen molar-refractivity contribution in [1.82, 2.24) is 0 Å². The van der Waals surface area contributed by atoms with Gasteiger partial charge in [-0.1, -0.05) is 102 Å². The van der Waals surface area contributed by atoms with Crippen molar-refractivity contribution in [1.29, 1.82) is 0 Å². The van der Waals surface area contributed by atoms with Gasteiger partial charge in [-0.2, -0.15) is 0 Å². The third-order valence-electron chi connectivity index (χ3n) is 7.00. The third-order valence-corrected chi connectivity index (χ3v) is 7.00. The van der Waals surface area contributed by atoms with E-state index in [4.69, 9.17) is 4.74 Å². The number of rotatable bonds is 7. The van der Waals surface area contributed by atoms with Crippen LogP contribution < -0.4 is 0 Å². The molecule has 0 saturated carbocycles. The highest BCUT2D eigenvalue weighted by Gasteiger charge is 2.43. The number of ether oxygens (including phenoxy) is 1. The summed E-state index contributed by atoms with van der Waals surface area (Å²) in [5.41, 5.74) is 9.63. The third kappa shape index (κ3) is 5.25. The van der Waals surface area contributed by atoms with Gasteiger partial charge in [-0.25, -0.2) is 0 Å². The summed E-state index contributed by atoms with van der Waals surface area (Å²) in [7, 11) is 1.78. The van der Waals surface area contributed by atoms with Crippen molar-refractivity contribution in [3.8, 4) is 11.1 Å². The summed E-state index contributed by atoms with van der Waals surface area (Å²) < 4.78 is 5.88. The standard InChI is InChI=1S/C32H38O.C2H6/c1-7-30(33-6)31(24-13-9-8-10-14-24)25-17-18-27-26-15-11-12-16-28(26)32(20-22(2)3,21-23(4)5)29(27)19-25;1-2/h7-13,15-19,22-23H,14,20-21H2,1-6H3;1-2H3/b30-7+,31-24-;. The Kier molecular flexibility index (Phi) is 9.00. The topological polar surface area (TPSA) is 9.23 Å². The first kappa shape index (κ1) is 26.8. The molecule has 2 aromatic rings. The van der Waals surface area contributed by atoms with Crippen LogP contribution in [0.5, 0.6) is 0 Å². The van der Waals surface area contributed by atoms with Crippen molar-refractivity contribution in [2.24, 2.45) is 11.8 Å². The Morgan fingerprint density at radius 3 is 2.14 bits per heavy atom. The highest BCUT2D eigenvalue weighted by Crippen LogP contribution is 2.55.